The molecule has 0 unspecified atom stereocenters. The maximum atomic E-state index is 12.7. The molecule has 4 rings (SSSR count). The van der Waals surface area contributed by atoms with Crippen LogP contribution < -0.4 is 14.8 Å². The number of fused-ring (bicyclic) bond motifs is 1. The highest BCUT2D eigenvalue weighted by Gasteiger charge is 2.28. The number of nitrogens with one attached hydrogen (secondary N) is 1. The molecule has 8 nitrogen and oxygen atoms in total. The Morgan fingerprint density at radius 3 is 2.59 bits per heavy atom. The fourth-order valence-corrected chi connectivity index (χ4v) is 3.95. The molecule has 2 aliphatic rings. The van der Waals surface area contributed by atoms with Gasteiger partial charge in [-0.15, -0.1) is 0 Å². The van der Waals surface area contributed by atoms with E-state index >= 15 is 0 Å². The average Bonchev–Trinajstić information content (AvgIpc) is 3.27. The average molecular weight is 398 g/mol. The molecule has 29 heavy (non-hydrogen) atoms. The summed E-state index contributed by atoms with van der Waals surface area (Å²) < 4.78 is 12.5. The Kier molecular flexibility index (Phi) is 5.17. The second kappa shape index (κ2) is 7.77. The van der Waals surface area contributed by atoms with Crippen LogP contribution >= 0.6 is 0 Å². The highest BCUT2D eigenvalue weighted by Crippen LogP contribution is 2.34. The van der Waals surface area contributed by atoms with Gasteiger partial charge in [-0.05, 0) is 38.8 Å². The van der Waals surface area contributed by atoms with Gasteiger partial charge >= 0.3 is 0 Å². The first kappa shape index (κ1) is 19.3. The van der Waals surface area contributed by atoms with Crippen molar-refractivity contribution in [2.75, 3.05) is 25.2 Å². The second-order valence-corrected chi connectivity index (χ2v) is 7.66. The maximum Gasteiger partial charge on any atom is 0.231 e. The van der Waals surface area contributed by atoms with Gasteiger partial charge in [-0.3, -0.25) is 14.3 Å². The van der Waals surface area contributed by atoms with Crippen LogP contribution in [0.25, 0.3) is 0 Å². The number of nitrogens with zero attached hydrogens (tertiary/aromatic N) is 3. The summed E-state index contributed by atoms with van der Waals surface area (Å²) in [4.78, 5) is 27.2. The lowest BCUT2D eigenvalue weighted by molar-refractivity contribution is -0.133. The molecule has 0 bridgehead atoms. The Morgan fingerprint density at radius 1 is 1.17 bits per heavy atom. The van der Waals surface area contributed by atoms with Crippen LogP contribution in [0.4, 0.5) is 5.69 Å². The summed E-state index contributed by atoms with van der Waals surface area (Å²) in [7, 11) is 1.89. The summed E-state index contributed by atoms with van der Waals surface area (Å²) in [5.74, 6) is 1.30. The Labute approximate surface area is 169 Å². The molecule has 1 N–H and O–H groups in total. The zero-order chi connectivity index (χ0) is 20.5. The number of anilines is 1. The lowest BCUT2D eigenvalue weighted by Crippen LogP contribution is -2.42. The molecule has 8 heteroatoms. The van der Waals surface area contributed by atoms with E-state index < -0.39 is 0 Å². The summed E-state index contributed by atoms with van der Waals surface area (Å²) in [6.45, 7) is 5.31. The number of benzene rings is 1. The van der Waals surface area contributed by atoms with E-state index in [1.165, 1.54) is 0 Å². The molecule has 0 saturated carbocycles. The Hall–Kier alpha value is -3.03. The van der Waals surface area contributed by atoms with Crippen LogP contribution in [0.5, 0.6) is 11.5 Å². The normalized spacial score (nSPS) is 16.2. The monoisotopic (exact) mass is 398 g/mol. The van der Waals surface area contributed by atoms with E-state index in [1.807, 2.05) is 36.5 Å². The number of amides is 2. The highest BCUT2D eigenvalue weighted by molar-refractivity contribution is 5.93. The molecular formula is C21H26N4O4. The summed E-state index contributed by atoms with van der Waals surface area (Å²) in [5, 5.41) is 7.34. The number of carbonyl (C=O) groups excluding carboxylic acids is 2. The highest BCUT2D eigenvalue weighted by atomic mass is 16.7. The van der Waals surface area contributed by atoms with Crippen molar-refractivity contribution in [2.24, 2.45) is 13.0 Å². The van der Waals surface area contributed by atoms with Crippen LogP contribution in [-0.2, 0) is 23.1 Å². The van der Waals surface area contributed by atoms with Gasteiger partial charge in [0.25, 0.3) is 0 Å². The van der Waals surface area contributed by atoms with Crippen LogP contribution in [0, 0.1) is 19.8 Å². The minimum atomic E-state index is -0.105. The van der Waals surface area contributed by atoms with Crippen LogP contribution in [0.3, 0.4) is 0 Å². The van der Waals surface area contributed by atoms with E-state index in [-0.39, 0.29) is 24.5 Å². The van der Waals surface area contributed by atoms with Crippen LogP contribution in [0.15, 0.2) is 18.2 Å². The smallest absolute Gasteiger partial charge is 0.231 e. The zero-order valence-electron chi connectivity index (χ0n) is 17.0. The fraction of sp³-hybridized carbons (Fsp3) is 0.476. The van der Waals surface area contributed by atoms with Gasteiger partial charge in [-0.25, -0.2) is 0 Å². The van der Waals surface area contributed by atoms with Crippen molar-refractivity contribution in [3.63, 3.8) is 0 Å². The molecule has 1 fully saturated rings. The van der Waals surface area contributed by atoms with Crippen molar-refractivity contribution in [3.8, 4) is 11.5 Å². The van der Waals surface area contributed by atoms with E-state index in [2.05, 4.69) is 10.4 Å². The van der Waals surface area contributed by atoms with Gasteiger partial charge in [-0.2, -0.15) is 5.10 Å². The van der Waals surface area contributed by atoms with Crippen LogP contribution in [0.1, 0.15) is 29.8 Å². The van der Waals surface area contributed by atoms with Gasteiger partial charge in [0, 0.05) is 49.1 Å². The maximum absolute atomic E-state index is 12.7. The van der Waals surface area contributed by atoms with Gasteiger partial charge < -0.3 is 19.7 Å². The minimum Gasteiger partial charge on any atom is -0.454 e. The summed E-state index contributed by atoms with van der Waals surface area (Å²) in [6.07, 6.45) is 1.68. The summed E-state index contributed by atoms with van der Waals surface area (Å²) in [6, 6.07) is 5.38. The van der Waals surface area contributed by atoms with E-state index in [4.69, 9.17) is 9.47 Å². The van der Waals surface area contributed by atoms with Gasteiger partial charge in [0.2, 0.25) is 18.6 Å². The SMILES string of the molecule is Cc1nn(C)c(C)c1CC(=O)N1CCC(C(=O)Nc2ccc3c(c2)OCO3)CC1. The first-order valence-corrected chi connectivity index (χ1v) is 9.89. The van der Waals surface area contributed by atoms with Crippen molar-refractivity contribution in [2.45, 2.75) is 33.1 Å². The van der Waals surface area contributed by atoms with E-state index in [9.17, 15) is 9.59 Å². The van der Waals surface area contributed by atoms with Crippen molar-refractivity contribution < 1.29 is 19.1 Å². The first-order chi connectivity index (χ1) is 13.9. The number of likely N-dealkylation sites (tertiary alicyclic amines) is 1. The second-order valence-electron chi connectivity index (χ2n) is 7.66. The van der Waals surface area contributed by atoms with E-state index in [1.54, 1.807) is 12.1 Å². The molecule has 0 aliphatic carbocycles. The fourth-order valence-electron chi connectivity index (χ4n) is 3.95. The minimum absolute atomic E-state index is 0.0186. The molecule has 1 aromatic heterocycles. The molecular weight excluding hydrogens is 372 g/mol. The van der Waals surface area contributed by atoms with Crippen molar-refractivity contribution in [1.82, 2.24) is 14.7 Å². The molecule has 2 amide bonds. The predicted octanol–water partition coefficient (Wildman–Crippen LogP) is 2.19. The van der Waals surface area contributed by atoms with Gasteiger partial charge in [-0.1, -0.05) is 0 Å². The van der Waals surface area contributed by atoms with Gasteiger partial charge in [0.05, 0.1) is 12.1 Å². The van der Waals surface area contributed by atoms with E-state index in [0.717, 1.165) is 17.0 Å². The molecule has 3 heterocycles. The molecule has 2 aromatic rings. The number of hydrogen-bond acceptors (Lipinski definition) is 5. The number of aromatic nitrogens is 2. The molecule has 2 aliphatic heterocycles. The number of ether oxygens (including phenoxy) is 2. The predicted molar refractivity (Wildman–Crippen MR) is 107 cm³/mol. The number of rotatable bonds is 4. The third kappa shape index (κ3) is 3.92. The number of hydrogen-bond donors (Lipinski definition) is 1. The lowest BCUT2D eigenvalue weighted by atomic mass is 9.95. The standard InChI is InChI=1S/C21H26N4O4/c1-13-17(14(2)24(3)23-13)11-20(26)25-8-6-15(7-9-25)21(27)22-16-4-5-18-19(10-16)29-12-28-18/h4-5,10,15H,6-9,11-12H2,1-3H3,(H,22,27). The molecule has 0 radical (unpaired) electrons. The largest absolute Gasteiger partial charge is 0.454 e. The molecule has 0 atom stereocenters. The summed E-state index contributed by atoms with van der Waals surface area (Å²) in [5.41, 5.74) is 3.62. The van der Waals surface area contributed by atoms with Crippen LogP contribution in [0.2, 0.25) is 0 Å². The number of aryl methyl sites for hydroxylation is 2. The van der Waals surface area contributed by atoms with Crippen molar-refractivity contribution >= 4 is 17.5 Å². The Morgan fingerprint density at radius 2 is 1.90 bits per heavy atom. The Balaban J connectivity index is 1.30. The van der Waals surface area contributed by atoms with Gasteiger partial charge in [0.15, 0.2) is 11.5 Å². The topological polar surface area (TPSA) is 85.7 Å². The number of carbonyl (C=O) groups is 2. The Bertz CT molecular complexity index is 944. The van der Waals surface area contributed by atoms with Crippen molar-refractivity contribution in [3.05, 3.63) is 35.2 Å². The molecule has 1 saturated heterocycles. The molecule has 0 spiro atoms. The molecule has 154 valence electrons. The summed E-state index contributed by atoms with van der Waals surface area (Å²) >= 11 is 0. The third-order valence-electron chi connectivity index (χ3n) is 5.85. The van der Waals surface area contributed by atoms with Crippen molar-refractivity contribution in [1.29, 1.82) is 0 Å². The quantitative estimate of drug-likeness (QED) is 0.853. The zero-order valence-corrected chi connectivity index (χ0v) is 17.0. The van der Waals surface area contributed by atoms with Crippen LogP contribution in [-0.4, -0.2) is 46.4 Å². The first-order valence-electron chi connectivity index (χ1n) is 9.89. The lowest BCUT2D eigenvalue weighted by Gasteiger charge is -2.31. The third-order valence-corrected chi connectivity index (χ3v) is 5.85. The van der Waals surface area contributed by atoms with E-state index in [0.29, 0.717) is 49.5 Å². The number of piperidine rings is 1. The molecule has 1 aromatic carbocycles. The van der Waals surface area contributed by atoms with Gasteiger partial charge in [0.1, 0.15) is 0 Å².